The van der Waals surface area contributed by atoms with E-state index in [1.54, 1.807) is 0 Å². The van der Waals surface area contributed by atoms with Gasteiger partial charge in [-0.25, -0.2) is 0 Å². The molecule has 0 saturated carbocycles. The van der Waals surface area contributed by atoms with Gasteiger partial charge in [0.1, 0.15) is 129 Å². The summed E-state index contributed by atoms with van der Waals surface area (Å²) in [6.07, 6.45) is -21.9. The van der Waals surface area contributed by atoms with Crippen molar-refractivity contribution in [2.24, 2.45) is 0 Å². The molecule has 4 rings (SSSR count). The van der Waals surface area contributed by atoms with E-state index in [2.05, 4.69) is 0 Å². The first-order chi connectivity index (χ1) is 35.3. The fraction of sp³-hybridized carbons (Fsp3) is 0.872. The highest BCUT2D eigenvalue weighted by atomic mass is 32.2. The third kappa shape index (κ3) is 16.9. The Kier molecular flexibility index (Phi) is 26.7. The van der Waals surface area contributed by atoms with Crippen LogP contribution in [0.4, 0.5) is 0 Å². The van der Waals surface area contributed by atoms with Crippen LogP contribution in [0.15, 0.2) is 0 Å². The number of ether oxygens (including phenoxy) is 20. The summed E-state index contributed by atoms with van der Waals surface area (Å²) in [7, 11) is 11.2. The first-order valence-electron chi connectivity index (χ1n) is 24.0. The van der Waals surface area contributed by atoms with Gasteiger partial charge < -0.3 is 99.5 Å². The maximum absolute atomic E-state index is 13.0. The molecule has 426 valence electrons. The average molecular weight is 1090 g/mol. The van der Waals surface area contributed by atoms with Crippen LogP contribution in [0.25, 0.3) is 0 Å². The molecule has 0 bridgehead atoms. The Morgan fingerprint density at radius 2 is 0.676 bits per heavy atom. The second-order valence-electron chi connectivity index (χ2n) is 17.4. The van der Waals surface area contributed by atoms with Crippen molar-refractivity contribution >= 4 is 47.4 Å². The molecule has 4 heterocycles. The lowest BCUT2D eigenvalue weighted by molar-refractivity contribution is -0.390. The van der Waals surface area contributed by atoms with Crippen molar-refractivity contribution in [3.8, 4) is 0 Å². The Morgan fingerprint density at radius 1 is 0.378 bits per heavy atom. The van der Waals surface area contributed by atoms with Gasteiger partial charge in [-0.2, -0.15) is 0 Å². The van der Waals surface area contributed by atoms with Gasteiger partial charge in [-0.3, -0.25) is 24.0 Å². The van der Waals surface area contributed by atoms with Gasteiger partial charge in [0, 0.05) is 91.0 Å². The standard InChI is InChI=1S/C47H76O26S/c1-15-74-47-43(61-14)39(57-10)35(30(69-47)21-65-26(6)52)73-46-42(60-13)38(56-9)34(29(68-46)20-64-25(5)51)72-45-41(59-12)37(55-8)33(28(67-45)19-63-24(4)50)71-44-40(58-11)36(54-7)32(27(66-44)18-62-23(3)49)70-31(53)17-16-22(2)48/h27-30,32-47H,15-21H2,1-14H3/t27-,28-,29-,30-,32-,33-,34-,35-,36+,37+,38+,39+,40-,41-,42-,43-,44-,45-,46-,47+/m1/s1. The van der Waals surface area contributed by atoms with Crippen LogP contribution in [-0.4, -0.2) is 247 Å². The van der Waals surface area contributed by atoms with Crippen molar-refractivity contribution in [1.29, 1.82) is 0 Å². The number of hydrogen-bond donors (Lipinski definition) is 0. The molecule has 0 spiro atoms. The molecule has 4 aliphatic heterocycles. The summed E-state index contributed by atoms with van der Waals surface area (Å²) in [4.78, 5) is 73.6. The Labute approximate surface area is 435 Å². The maximum atomic E-state index is 13.0. The lowest BCUT2D eigenvalue weighted by Gasteiger charge is -2.51. The summed E-state index contributed by atoms with van der Waals surface area (Å²) < 4.78 is 121. The van der Waals surface area contributed by atoms with Crippen LogP contribution in [0.3, 0.4) is 0 Å². The van der Waals surface area contributed by atoms with Crippen LogP contribution in [-0.2, 0) is 124 Å². The summed E-state index contributed by atoms with van der Waals surface area (Å²) in [6.45, 7) is 6.67. The highest BCUT2D eigenvalue weighted by Gasteiger charge is 2.58. The van der Waals surface area contributed by atoms with Crippen LogP contribution in [0, 0.1) is 0 Å². The fourth-order valence-electron chi connectivity index (χ4n) is 9.13. The van der Waals surface area contributed by atoms with Crippen molar-refractivity contribution in [3.05, 3.63) is 0 Å². The van der Waals surface area contributed by atoms with Gasteiger partial charge in [-0.15, -0.1) is 11.8 Å². The number of methoxy groups -OCH3 is 8. The third-order valence-corrected chi connectivity index (χ3v) is 13.5. The van der Waals surface area contributed by atoms with Gasteiger partial charge in [0.05, 0.1) is 6.42 Å². The summed E-state index contributed by atoms with van der Waals surface area (Å²) in [6, 6.07) is 0. The van der Waals surface area contributed by atoms with Gasteiger partial charge in [0.15, 0.2) is 25.0 Å². The van der Waals surface area contributed by atoms with Crippen molar-refractivity contribution < 1.29 is 124 Å². The number of esters is 5. The van der Waals surface area contributed by atoms with E-state index in [0.717, 1.165) is 0 Å². The summed E-state index contributed by atoms with van der Waals surface area (Å²) in [5.74, 6) is -2.85. The van der Waals surface area contributed by atoms with Gasteiger partial charge in [0.25, 0.3) is 0 Å². The van der Waals surface area contributed by atoms with Crippen LogP contribution in [0.5, 0.6) is 0 Å². The first kappa shape index (κ1) is 63.3. The molecule has 0 aromatic carbocycles. The second-order valence-corrected chi connectivity index (χ2v) is 18.8. The quantitative estimate of drug-likeness (QED) is 0.0759. The molecule has 0 aromatic rings. The van der Waals surface area contributed by atoms with Crippen molar-refractivity contribution in [2.75, 3.05) is 89.1 Å². The Hall–Kier alpha value is -3.23. The van der Waals surface area contributed by atoms with E-state index in [1.165, 1.54) is 103 Å². The summed E-state index contributed by atoms with van der Waals surface area (Å²) in [5.41, 5.74) is -0.533. The van der Waals surface area contributed by atoms with E-state index in [9.17, 15) is 28.8 Å². The van der Waals surface area contributed by atoms with Crippen LogP contribution in [0.2, 0.25) is 0 Å². The Morgan fingerprint density at radius 3 is 0.973 bits per heavy atom. The molecule has 0 aliphatic carbocycles. The molecular formula is C47H76O26S. The smallest absolute Gasteiger partial charge is 0.306 e. The molecule has 0 aromatic heterocycles. The van der Waals surface area contributed by atoms with Gasteiger partial charge in [-0.1, -0.05) is 6.92 Å². The molecule has 0 amide bonds. The number of carbonyl (C=O) groups excluding carboxylic acids is 6. The van der Waals surface area contributed by atoms with Crippen molar-refractivity contribution in [3.63, 3.8) is 0 Å². The number of hydrogen-bond acceptors (Lipinski definition) is 27. The third-order valence-electron chi connectivity index (χ3n) is 12.5. The van der Waals surface area contributed by atoms with E-state index >= 15 is 0 Å². The molecule has 4 aliphatic rings. The van der Waals surface area contributed by atoms with E-state index in [1.807, 2.05) is 6.92 Å². The predicted molar refractivity (Wildman–Crippen MR) is 250 cm³/mol. The molecule has 0 N–H and O–H groups in total. The van der Waals surface area contributed by atoms with Crippen molar-refractivity contribution in [1.82, 2.24) is 0 Å². The first-order valence-corrected chi connectivity index (χ1v) is 25.0. The van der Waals surface area contributed by atoms with Crippen LogP contribution in [0.1, 0.15) is 54.4 Å². The Bertz CT molecular complexity index is 1780. The second kappa shape index (κ2) is 31.2. The minimum absolute atomic E-state index is 0.0806. The number of Topliss-reactive ketones (excluding diaryl/α,β-unsaturated/α-hetero) is 1. The van der Waals surface area contributed by atoms with E-state index in [4.69, 9.17) is 94.7 Å². The Balaban J connectivity index is 1.72. The highest BCUT2D eigenvalue weighted by molar-refractivity contribution is 7.99. The SMILES string of the molecule is CCS[C@@H]1O[C@H](COC(C)=O)[C@@H](O[C@H]2O[C@H](COC(C)=O)[C@@H](O[C@H]3O[C@H](COC(C)=O)[C@@H](O[C@H]4O[C@H](COC(C)=O)[C@@H](OC(=O)CCC(C)=O)[C@H](OC)[C@H]4OC)[C@H](OC)[C@H]3OC)[C@H](OC)[C@H]2OC)[C@H](OC)[C@H]1OC. The minimum Gasteiger partial charge on any atom is -0.463 e. The number of rotatable bonds is 28. The molecule has 26 nitrogen and oxygen atoms in total. The van der Waals surface area contributed by atoms with Gasteiger partial charge >= 0.3 is 29.8 Å². The number of thioether (sulfide) groups is 1. The molecule has 0 radical (unpaired) electrons. The topological polar surface area (TPSA) is 287 Å². The molecule has 27 heteroatoms. The summed E-state index contributed by atoms with van der Waals surface area (Å²) >= 11 is 1.47. The molecular weight excluding hydrogens is 1010 g/mol. The van der Waals surface area contributed by atoms with E-state index in [-0.39, 0.29) is 25.2 Å². The van der Waals surface area contributed by atoms with Crippen molar-refractivity contribution in [2.45, 2.75) is 176 Å². The lowest BCUT2D eigenvalue weighted by Crippen LogP contribution is -2.68. The molecule has 74 heavy (non-hydrogen) atoms. The van der Waals surface area contributed by atoms with E-state index < -0.39 is 172 Å². The lowest BCUT2D eigenvalue weighted by atomic mass is 9.95. The van der Waals surface area contributed by atoms with Gasteiger partial charge in [0.2, 0.25) is 0 Å². The normalized spacial score (nSPS) is 36.3. The predicted octanol–water partition coefficient (Wildman–Crippen LogP) is 0.448. The van der Waals surface area contributed by atoms with Gasteiger partial charge in [-0.05, 0) is 12.7 Å². The monoisotopic (exact) mass is 1090 g/mol. The highest BCUT2D eigenvalue weighted by Crippen LogP contribution is 2.40. The zero-order valence-electron chi connectivity index (χ0n) is 44.5. The zero-order valence-corrected chi connectivity index (χ0v) is 45.3. The summed E-state index contributed by atoms with van der Waals surface area (Å²) in [5, 5.41) is 0. The number of ketones is 1. The van der Waals surface area contributed by atoms with E-state index in [0.29, 0.717) is 5.75 Å². The number of carbonyl (C=O) groups is 6. The fourth-order valence-corrected chi connectivity index (χ4v) is 10.1. The zero-order chi connectivity index (χ0) is 54.8. The molecule has 0 unspecified atom stereocenters. The maximum Gasteiger partial charge on any atom is 0.306 e. The molecule has 20 atom stereocenters. The molecule has 4 fully saturated rings. The average Bonchev–Trinajstić information content (AvgIpc) is 3.36. The largest absolute Gasteiger partial charge is 0.463 e. The van der Waals surface area contributed by atoms with Crippen LogP contribution >= 0.6 is 11.8 Å². The van der Waals surface area contributed by atoms with Crippen LogP contribution < -0.4 is 0 Å². The minimum atomic E-state index is -1.42. The molecule has 4 saturated heterocycles.